The van der Waals surface area contributed by atoms with Crippen LogP contribution in [0.15, 0.2) is 18.2 Å². The zero-order valence-corrected chi connectivity index (χ0v) is 12.5. The summed E-state index contributed by atoms with van der Waals surface area (Å²) in [5, 5.41) is 20.9. The zero-order valence-electron chi connectivity index (χ0n) is 11.8. The molecule has 0 aromatic heterocycles. The lowest BCUT2D eigenvalue weighted by Crippen LogP contribution is -2.39. The molecule has 0 bridgehead atoms. The van der Waals surface area contributed by atoms with Crippen LogP contribution in [0.4, 0.5) is 10.5 Å². The van der Waals surface area contributed by atoms with Crippen LogP contribution >= 0.6 is 11.6 Å². The van der Waals surface area contributed by atoms with Gasteiger partial charge in [-0.1, -0.05) is 18.5 Å². The zero-order chi connectivity index (χ0) is 16.0. The molecule has 0 spiro atoms. The number of carboxylic acid groups (broad SMARTS) is 1. The molecule has 0 aliphatic heterocycles. The monoisotopic (exact) mass is 309 g/mol. The van der Waals surface area contributed by atoms with Gasteiger partial charge in [-0.05, 0) is 25.1 Å². The summed E-state index contributed by atoms with van der Waals surface area (Å²) >= 11 is 5.84. The van der Waals surface area contributed by atoms with E-state index in [0.717, 1.165) is 0 Å². The number of benzene rings is 1. The van der Waals surface area contributed by atoms with Crippen LogP contribution in [0.25, 0.3) is 0 Å². The van der Waals surface area contributed by atoms with E-state index < -0.39 is 17.9 Å². The summed E-state index contributed by atoms with van der Waals surface area (Å²) in [6.07, 6.45) is 0. The standard InChI is InChI=1S/C14H16ClN3O3/c1-3-18(8-9(2)13(19)20)14(21)17-12-6-11(15)5-4-10(12)7-16/h4-6,9H,3,8H2,1-2H3,(H,17,21)(H,19,20). The van der Waals surface area contributed by atoms with Gasteiger partial charge >= 0.3 is 12.0 Å². The molecule has 0 saturated heterocycles. The van der Waals surface area contributed by atoms with Gasteiger partial charge in [-0.15, -0.1) is 0 Å². The first kappa shape index (κ1) is 16.8. The molecule has 0 aliphatic carbocycles. The van der Waals surface area contributed by atoms with Crippen molar-refractivity contribution in [3.05, 3.63) is 28.8 Å². The number of aliphatic carboxylic acids is 1. The number of urea groups is 1. The van der Waals surface area contributed by atoms with Gasteiger partial charge in [0.05, 0.1) is 17.2 Å². The van der Waals surface area contributed by atoms with Crippen LogP contribution in [-0.4, -0.2) is 35.1 Å². The van der Waals surface area contributed by atoms with Crippen molar-refractivity contribution in [1.82, 2.24) is 4.90 Å². The summed E-state index contributed by atoms with van der Waals surface area (Å²) < 4.78 is 0. The number of carbonyl (C=O) groups excluding carboxylic acids is 1. The van der Waals surface area contributed by atoms with Gasteiger partial charge in [0.1, 0.15) is 6.07 Å². The van der Waals surface area contributed by atoms with Crippen LogP contribution in [0.1, 0.15) is 19.4 Å². The maximum Gasteiger partial charge on any atom is 0.321 e. The Morgan fingerprint density at radius 1 is 1.52 bits per heavy atom. The second kappa shape index (κ2) is 7.50. The third kappa shape index (κ3) is 4.65. The third-order valence-corrected chi connectivity index (χ3v) is 3.16. The first-order valence-electron chi connectivity index (χ1n) is 6.37. The molecule has 7 heteroatoms. The maximum absolute atomic E-state index is 12.2. The number of carboxylic acids is 1. The molecular weight excluding hydrogens is 294 g/mol. The quantitative estimate of drug-likeness (QED) is 0.874. The molecule has 0 saturated carbocycles. The SMILES string of the molecule is CCN(CC(C)C(=O)O)C(=O)Nc1cc(Cl)ccc1C#N. The van der Waals surface area contributed by atoms with Crippen molar-refractivity contribution in [3.8, 4) is 6.07 Å². The van der Waals surface area contributed by atoms with Gasteiger partial charge in [0.2, 0.25) is 0 Å². The molecule has 2 amide bonds. The fourth-order valence-corrected chi connectivity index (χ4v) is 1.85. The summed E-state index contributed by atoms with van der Waals surface area (Å²) in [5.41, 5.74) is 0.589. The van der Waals surface area contributed by atoms with Crippen molar-refractivity contribution >= 4 is 29.3 Å². The van der Waals surface area contributed by atoms with Crippen LogP contribution in [0.5, 0.6) is 0 Å². The Hall–Kier alpha value is -2.26. The highest BCUT2D eigenvalue weighted by molar-refractivity contribution is 6.31. The van der Waals surface area contributed by atoms with Crippen molar-refractivity contribution in [2.45, 2.75) is 13.8 Å². The molecule has 1 rings (SSSR count). The molecule has 0 radical (unpaired) electrons. The first-order valence-corrected chi connectivity index (χ1v) is 6.75. The Labute approximate surface area is 127 Å². The van der Waals surface area contributed by atoms with E-state index in [1.807, 2.05) is 6.07 Å². The smallest absolute Gasteiger partial charge is 0.321 e. The predicted molar refractivity (Wildman–Crippen MR) is 79.2 cm³/mol. The molecular formula is C14H16ClN3O3. The van der Waals surface area contributed by atoms with Crippen molar-refractivity contribution in [1.29, 1.82) is 5.26 Å². The van der Waals surface area contributed by atoms with Crippen LogP contribution in [0.2, 0.25) is 5.02 Å². The number of rotatable bonds is 5. The highest BCUT2D eigenvalue weighted by Gasteiger charge is 2.20. The molecule has 1 unspecified atom stereocenters. The maximum atomic E-state index is 12.2. The Morgan fingerprint density at radius 3 is 2.71 bits per heavy atom. The van der Waals surface area contributed by atoms with E-state index in [1.165, 1.54) is 24.0 Å². The topological polar surface area (TPSA) is 93.4 Å². The Balaban J connectivity index is 2.86. The summed E-state index contributed by atoms with van der Waals surface area (Å²) in [6.45, 7) is 3.71. The lowest BCUT2D eigenvalue weighted by Gasteiger charge is -2.23. The molecule has 1 atom stereocenters. The highest BCUT2D eigenvalue weighted by atomic mass is 35.5. The number of hydrogen-bond acceptors (Lipinski definition) is 3. The fourth-order valence-electron chi connectivity index (χ4n) is 1.68. The molecule has 21 heavy (non-hydrogen) atoms. The van der Waals surface area contributed by atoms with E-state index in [0.29, 0.717) is 17.3 Å². The molecule has 112 valence electrons. The van der Waals surface area contributed by atoms with Gasteiger partial charge in [-0.3, -0.25) is 4.79 Å². The van der Waals surface area contributed by atoms with E-state index in [1.54, 1.807) is 13.0 Å². The van der Waals surface area contributed by atoms with E-state index in [4.69, 9.17) is 22.0 Å². The predicted octanol–water partition coefficient (Wildman–Crippen LogP) is 2.79. The molecule has 6 nitrogen and oxygen atoms in total. The Kier molecular flexibility index (Phi) is 6.00. The van der Waals surface area contributed by atoms with Crippen molar-refractivity contribution in [2.24, 2.45) is 5.92 Å². The molecule has 1 aromatic rings. The van der Waals surface area contributed by atoms with E-state index in [-0.39, 0.29) is 12.1 Å². The number of nitrogens with zero attached hydrogens (tertiary/aromatic N) is 2. The average Bonchev–Trinajstić information content (AvgIpc) is 2.44. The van der Waals surface area contributed by atoms with Crippen LogP contribution in [0, 0.1) is 17.2 Å². The Morgan fingerprint density at radius 2 is 2.19 bits per heavy atom. The number of anilines is 1. The lowest BCUT2D eigenvalue weighted by molar-refractivity contribution is -0.141. The molecule has 0 heterocycles. The fraction of sp³-hybridized carbons (Fsp3) is 0.357. The third-order valence-electron chi connectivity index (χ3n) is 2.93. The van der Waals surface area contributed by atoms with Gasteiger partial charge in [-0.2, -0.15) is 5.26 Å². The molecule has 2 N–H and O–H groups in total. The number of nitriles is 1. The first-order chi connectivity index (χ1) is 9.88. The Bertz CT molecular complexity index is 583. The number of hydrogen-bond donors (Lipinski definition) is 2. The van der Waals surface area contributed by atoms with Crippen LogP contribution < -0.4 is 5.32 Å². The second-order valence-corrected chi connectivity index (χ2v) is 4.95. The number of halogens is 1. The van der Waals surface area contributed by atoms with Crippen LogP contribution in [-0.2, 0) is 4.79 Å². The largest absolute Gasteiger partial charge is 0.481 e. The number of carbonyl (C=O) groups is 2. The summed E-state index contributed by atoms with van der Waals surface area (Å²) in [6, 6.07) is 6.03. The average molecular weight is 310 g/mol. The van der Waals surface area contributed by atoms with Crippen LogP contribution in [0.3, 0.4) is 0 Å². The van der Waals surface area contributed by atoms with Gasteiger partial charge < -0.3 is 15.3 Å². The summed E-state index contributed by atoms with van der Waals surface area (Å²) in [4.78, 5) is 24.4. The molecule has 1 aromatic carbocycles. The van der Waals surface area contributed by atoms with Crippen molar-refractivity contribution in [2.75, 3.05) is 18.4 Å². The highest BCUT2D eigenvalue weighted by Crippen LogP contribution is 2.20. The second-order valence-electron chi connectivity index (χ2n) is 4.51. The van der Waals surface area contributed by atoms with E-state index in [9.17, 15) is 9.59 Å². The minimum Gasteiger partial charge on any atom is -0.481 e. The van der Waals surface area contributed by atoms with Gasteiger partial charge in [0, 0.05) is 18.1 Å². The van der Waals surface area contributed by atoms with E-state index in [2.05, 4.69) is 5.32 Å². The summed E-state index contributed by atoms with van der Waals surface area (Å²) in [5.74, 6) is -1.65. The molecule has 0 aliphatic rings. The number of nitrogens with one attached hydrogen (secondary N) is 1. The lowest BCUT2D eigenvalue weighted by atomic mass is 10.1. The number of amides is 2. The molecule has 0 fully saturated rings. The van der Waals surface area contributed by atoms with Crippen molar-refractivity contribution in [3.63, 3.8) is 0 Å². The van der Waals surface area contributed by atoms with Gasteiger partial charge in [-0.25, -0.2) is 4.79 Å². The van der Waals surface area contributed by atoms with Crippen molar-refractivity contribution < 1.29 is 14.7 Å². The van der Waals surface area contributed by atoms with Gasteiger partial charge in [0.15, 0.2) is 0 Å². The minimum atomic E-state index is -0.971. The minimum absolute atomic E-state index is 0.0835. The normalized spacial score (nSPS) is 11.3. The summed E-state index contributed by atoms with van der Waals surface area (Å²) in [7, 11) is 0. The van der Waals surface area contributed by atoms with E-state index >= 15 is 0 Å². The van der Waals surface area contributed by atoms with Gasteiger partial charge in [0.25, 0.3) is 0 Å².